The van der Waals surface area contributed by atoms with Crippen LogP contribution in [0, 0.1) is 0 Å². The number of nitrogens with two attached hydrogens (primary N) is 1. The summed E-state index contributed by atoms with van der Waals surface area (Å²) in [6.07, 6.45) is 5.12. The molecule has 2 N–H and O–H groups in total. The topological polar surface area (TPSA) is 73.9 Å². The van der Waals surface area contributed by atoms with E-state index < -0.39 is 0 Å². The van der Waals surface area contributed by atoms with E-state index in [9.17, 15) is 0 Å². The van der Waals surface area contributed by atoms with Crippen molar-refractivity contribution in [1.29, 1.82) is 0 Å². The number of thiazole rings is 1. The molecule has 1 atom stereocenters. The van der Waals surface area contributed by atoms with Gasteiger partial charge in [-0.25, -0.2) is 15.0 Å². The van der Waals surface area contributed by atoms with Gasteiger partial charge in [0, 0.05) is 26.1 Å². The third-order valence-electron chi connectivity index (χ3n) is 2.24. The lowest BCUT2D eigenvalue weighted by Crippen LogP contribution is -2.10. The highest BCUT2D eigenvalue weighted by molar-refractivity contribution is 7.18. The molecule has 0 fully saturated rings. The van der Waals surface area contributed by atoms with Gasteiger partial charge in [-0.1, -0.05) is 11.3 Å². The van der Waals surface area contributed by atoms with Gasteiger partial charge in [0.15, 0.2) is 10.5 Å². The van der Waals surface area contributed by atoms with Gasteiger partial charge in [0.05, 0.1) is 6.04 Å². The second kappa shape index (κ2) is 5.29. The van der Waals surface area contributed by atoms with Crippen LogP contribution in [0.15, 0.2) is 12.4 Å². The summed E-state index contributed by atoms with van der Waals surface area (Å²) in [5, 5.41) is 0.900. The molecule has 6 heteroatoms. The van der Waals surface area contributed by atoms with Crippen LogP contribution in [-0.4, -0.2) is 28.7 Å². The summed E-state index contributed by atoms with van der Waals surface area (Å²) in [7, 11) is 1.69. The molecule has 0 aliphatic carbocycles. The number of fused-ring (bicyclic) bond motifs is 1. The fourth-order valence-electron chi connectivity index (χ4n) is 1.42. The SMILES string of the molecule is COCCCC(N)c1nc2nccnc2s1. The minimum atomic E-state index is -0.0452. The van der Waals surface area contributed by atoms with E-state index in [0.717, 1.165) is 29.3 Å². The summed E-state index contributed by atoms with van der Waals surface area (Å²) in [5.74, 6) is 0. The lowest BCUT2D eigenvalue weighted by atomic mass is 10.2. The van der Waals surface area contributed by atoms with Gasteiger partial charge in [-0.2, -0.15) is 0 Å². The number of aromatic nitrogens is 3. The number of rotatable bonds is 5. The van der Waals surface area contributed by atoms with Crippen molar-refractivity contribution in [2.75, 3.05) is 13.7 Å². The van der Waals surface area contributed by atoms with Crippen molar-refractivity contribution < 1.29 is 4.74 Å². The Hall–Kier alpha value is -1.11. The Morgan fingerprint density at radius 2 is 2.25 bits per heavy atom. The molecular weight excluding hydrogens is 224 g/mol. The maximum atomic E-state index is 6.04. The Morgan fingerprint density at radius 1 is 1.44 bits per heavy atom. The molecular formula is C10H14N4OS. The van der Waals surface area contributed by atoms with E-state index in [4.69, 9.17) is 10.5 Å². The van der Waals surface area contributed by atoms with Crippen molar-refractivity contribution >= 4 is 21.8 Å². The molecule has 16 heavy (non-hydrogen) atoms. The molecule has 0 aromatic carbocycles. The minimum Gasteiger partial charge on any atom is -0.385 e. The smallest absolute Gasteiger partial charge is 0.189 e. The molecule has 0 aliphatic rings. The highest BCUT2D eigenvalue weighted by Crippen LogP contribution is 2.24. The minimum absolute atomic E-state index is 0.0452. The van der Waals surface area contributed by atoms with E-state index >= 15 is 0 Å². The van der Waals surface area contributed by atoms with Gasteiger partial charge in [0.1, 0.15) is 5.01 Å². The maximum absolute atomic E-state index is 6.04. The van der Waals surface area contributed by atoms with Crippen molar-refractivity contribution in [2.24, 2.45) is 5.73 Å². The average molecular weight is 238 g/mol. The fourth-order valence-corrected chi connectivity index (χ4v) is 2.33. The first kappa shape index (κ1) is 11.4. The van der Waals surface area contributed by atoms with E-state index in [1.54, 1.807) is 19.5 Å². The van der Waals surface area contributed by atoms with Crippen molar-refractivity contribution in [3.63, 3.8) is 0 Å². The molecule has 2 aromatic rings. The Kier molecular flexibility index (Phi) is 3.76. The van der Waals surface area contributed by atoms with E-state index in [2.05, 4.69) is 15.0 Å². The van der Waals surface area contributed by atoms with Crippen LogP contribution in [0.4, 0.5) is 0 Å². The van der Waals surface area contributed by atoms with Gasteiger partial charge in [0.25, 0.3) is 0 Å². The van der Waals surface area contributed by atoms with Gasteiger partial charge >= 0.3 is 0 Å². The molecule has 2 aromatic heterocycles. The second-order valence-corrected chi connectivity index (χ2v) is 4.49. The molecule has 0 saturated carbocycles. The zero-order valence-electron chi connectivity index (χ0n) is 9.09. The summed E-state index contributed by atoms with van der Waals surface area (Å²) >= 11 is 1.51. The third kappa shape index (κ3) is 2.52. The zero-order valence-corrected chi connectivity index (χ0v) is 9.91. The highest BCUT2D eigenvalue weighted by Gasteiger charge is 2.12. The molecule has 0 amide bonds. The number of methoxy groups -OCH3 is 1. The molecule has 0 aliphatic heterocycles. The van der Waals surface area contributed by atoms with Crippen molar-refractivity contribution in [3.8, 4) is 0 Å². The van der Waals surface area contributed by atoms with E-state index in [1.807, 2.05) is 0 Å². The monoisotopic (exact) mass is 238 g/mol. The van der Waals surface area contributed by atoms with Crippen LogP contribution in [0.3, 0.4) is 0 Å². The summed E-state index contributed by atoms with van der Waals surface area (Å²) in [4.78, 5) is 13.5. The predicted molar refractivity (Wildman–Crippen MR) is 63.2 cm³/mol. The normalized spacial score (nSPS) is 13.1. The zero-order chi connectivity index (χ0) is 11.4. The molecule has 2 heterocycles. The van der Waals surface area contributed by atoms with E-state index in [0.29, 0.717) is 5.65 Å². The van der Waals surface area contributed by atoms with E-state index in [-0.39, 0.29) is 6.04 Å². The first-order valence-corrected chi connectivity index (χ1v) is 5.95. The van der Waals surface area contributed by atoms with Crippen LogP contribution in [0.5, 0.6) is 0 Å². The predicted octanol–water partition coefficient (Wildman–Crippen LogP) is 1.51. The Bertz CT molecular complexity index is 426. The van der Waals surface area contributed by atoms with Crippen LogP contribution in [0.2, 0.25) is 0 Å². The van der Waals surface area contributed by atoms with Crippen molar-refractivity contribution in [3.05, 3.63) is 17.4 Å². The standard InChI is InChI=1S/C10H14N4OS/c1-15-6-2-3-7(11)9-14-8-10(16-9)13-5-4-12-8/h4-5,7H,2-3,6,11H2,1H3. The first-order valence-electron chi connectivity index (χ1n) is 5.13. The molecule has 5 nitrogen and oxygen atoms in total. The summed E-state index contributed by atoms with van der Waals surface area (Å²) < 4.78 is 4.99. The largest absolute Gasteiger partial charge is 0.385 e. The molecule has 0 saturated heterocycles. The second-order valence-electron chi connectivity index (χ2n) is 3.48. The summed E-state index contributed by atoms with van der Waals surface area (Å²) in [5.41, 5.74) is 6.72. The quantitative estimate of drug-likeness (QED) is 0.799. The maximum Gasteiger partial charge on any atom is 0.189 e. The Labute approximate surface area is 97.7 Å². The van der Waals surface area contributed by atoms with Crippen LogP contribution in [0.25, 0.3) is 10.5 Å². The van der Waals surface area contributed by atoms with Gasteiger partial charge in [-0.3, -0.25) is 0 Å². The van der Waals surface area contributed by atoms with Crippen molar-refractivity contribution in [1.82, 2.24) is 15.0 Å². The Morgan fingerprint density at radius 3 is 3.00 bits per heavy atom. The van der Waals surface area contributed by atoms with E-state index in [1.165, 1.54) is 11.3 Å². The molecule has 0 spiro atoms. The first-order chi connectivity index (χ1) is 7.81. The van der Waals surface area contributed by atoms with Crippen molar-refractivity contribution in [2.45, 2.75) is 18.9 Å². The number of hydrogen-bond acceptors (Lipinski definition) is 6. The lowest BCUT2D eigenvalue weighted by Gasteiger charge is -2.06. The molecule has 1 unspecified atom stereocenters. The number of hydrogen-bond donors (Lipinski definition) is 1. The summed E-state index contributed by atoms with van der Waals surface area (Å²) in [6, 6.07) is -0.0452. The van der Waals surface area contributed by atoms with Crippen LogP contribution in [-0.2, 0) is 4.74 Å². The van der Waals surface area contributed by atoms with Gasteiger partial charge < -0.3 is 10.5 Å². The Balaban J connectivity index is 2.07. The molecule has 0 bridgehead atoms. The fraction of sp³-hybridized carbons (Fsp3) is 0.500. The van der Waals surface area contributed by atoms with Crippen LogP contribution < -0.4 is 5.73 Å². The summed E-state index contributed by atoms with van der Waals surface area (Å²) in [6.45, 7) is 0.731. The van der Waals surface area contributed by atoms with Crippen LogP contribution >= 0.6 is 11.3 Å². The lowest BCUT2D eigenvalue weighted by molar-refractivity contribution is 0.190. The number of nitrogens with zero attached hydrogens (tertiary/aromatic N) is 3. The van der Waals surface area contributed by atoms with Crippen LogP contribution in [0.1, 0.15) is 23.9 Å². The van der Waals surface area contributed by atoms with Gasteiger partial charge in [0.2, 0.25) is 0 Å². The average Bonchev–Trinajstić information content (AvgIpc) is 2.73. The number of ether oxygens (including phenoxy) is 1. The molecule has 0 radical (unpaired) electrons. The molecule has 86 valence electrons. The third-order valence-corrected chi connectivity index (χ3v) is 3.33. The molecule has 2 rings (SSSR count). The van der Waals surface area contributed by atoms with Gasteiger partial charge in [-0.15, -0.1) is 0 Å². The highest BCUT2D eigenvalue weighted by atomic mass is 32.1. The van der Waals surface area contributed by atoms with Gasteiger partial charge in [-0.05, 0) is 12.8 Å².